The van der Waals surface area contributed by atoms with E-state index in [2.05, 4.69) is 24.3 Å². The number of ether oxygens (including phenoxy) is 1. The van der Waals surface area contributed by atoms with Crippen molar-refractivity contribution < 1.29 is 9.53 Å². The molecule has 0 aliphatic rings. The van der Waals surface area contributed by atoms with Crippen LogP contribution in [0.1, 0.15) is 26.2 Å². The van der Waals surface area contributed by atoms with Crippen LogP contribution in [0, 0.1) is 0 Å². The first-order valence-electron chi connectivity index (χ1n) is 6.37. The van der Waals surface area contributed by atoms with Gasteiger partial charge in [-0.2, -0.15) is 0 Å². The van der Waals surface area contributed by atoms with Gasteiger partial charge in [0, 0.05) is 6.42 Å². The number of ketones is 1. The van der Waals surface area contributed by atoms with E-state index < -0.39 is 0 Å². The second-order valence-electron chi connectivity index (χ2n) is 4.52. The van der Waals surface area contributed by atoms with Gasteiger partial charge in [0.1, 0.15) is 11.5 Å². The molecule has 94 valence electrons. The van der Waals surface area contributed by atoms with E-state index in [1.54, 1.807) is 6.92 Å². The smallest absolute Gasteiger partial charge is 0.129 e. The molecule has 0 bridgehead atoms. The lowest BCUT2D eigenvalue weighted by Gasteiger charge is -2.06. The summed E-state index contributed by atoms with van der Waals surface area (Å²) in [5.74, 6) is 1.15. The van der Waals surface area contributed by atoms with Crippen LogP contribution >= 0.6 is 0 Å². The van der Waals surface area contributed by atoms with Crippen LogP contribution in [0.15, 0.2) is 42.5 Å². The van der Waals surface area contributed by atoms with Gasteiger partial charge in [0.2, 0.25) is 0 Å². The highest BCUT2D eigenvalue weighted by Gasteiger charge is 1.98. The Morgan fingerprint density at radius 3 is 2.61 bits per heavy atom. The Bertz CT molecular complexity index is 531. The molecule has 18 heavy (non-hydrogen) atoms. The first-order chi connectivity index (χ1) is 8.75. The summed E-state index contributed by atoms with van der Waals surface area (Å²) in [5, 5.41) is 2.42. The summed E-state index contributed by atoms with van der Waals surface area (Å²) in [4.78, 5) is 10.8. The van der Waals surface area contributed by atoms with Crippen molar-refractivity contribution in [3.8, 4) is 5.75 Å². The molecule has 2 nitrogen and oxygen atoms in total. The van der Waals surface area contributed by atoms with E-state index in [1.807, 2.05) is 18.2 Å². The topological polar surface area (TPSA) is 26.3 Å². The molecule has 2 aromatic carbocycles. The summed E-state index contributed by atoms with van der Waals surface area (Å²) in [5.41, 5.74) is 0. The van der Waals surface area contributed by atoms with Crippen LogP contribution in [0.4, 0.5) is 0 Å². The summed E-state index contributed by atoms with van der Waals surface area (Å²) < 4.78 is 5.68. The van der Waals surface area contributed by atoms with Gasteiger partial charge in [-0.05, 0) is 42.7 Å². The summed E-state index contributed by atoms with van der Waals surface area (Å²) in [6.45, 7) is 2.30. The fraction of sp³-hybridized carbons (Fsp3) is 0.312. The van der Waals surface area contributed by atoms with E-state index in [-0.39, 0.29) is 5.78 Å². The molecule has 0 amide bonds. The Hall–Kier alpha value is -1.83. The van der Waals surface area contributed by atoms with Crippen molar-refractivity contribution in [2.24, 2.45) is 0 Å². The number of hydrogen-bond acceptors (Lipinski definition) is 2. The number of unbranched alkanes of at least 4 members (excludes halogenated alkanes) is 1. The molecule has 0 aliphatic heterocycles. The molecule has 0 N–H and O–H groups in total. The summed E-state index contributed by atoms with van der Waals surface area (Å²) in [7, 11) is 0. The molecule has 0 heterocycles. The van der Waals surface area contributed by atoms with Crippen molar-refractivity contribution >= 4 is 16.6 Å². The molecular formula is C16H18O2. The predicted molar refractivity (Wildman–Crippen MR) is 74.0 cm³/mol. The maximum atomic E-state index is 10.8. The van der Waals surface area contributed by atoms with Gasteiger partial charge in [-0.15, -0.1) is 0 Å². The summed E-state index contributed by atoms with van der Waals surface area (Å²) >= 11 is 0. The average molecular weight is 242 g/mol. The normalized spacial score (nSPS) is 10.5. The zero-order valence-electron chi connectivity index (χ0n) is 10.7. The third kappa shape index (κ3) is 3.59. The lowest BCUT2D eigenvalue weighted by atomic mass is 10.1. The second kappa shape index (κ2) is 6.20. The van der Waals surface area contributed by atoms with Gasteiger partial charge in [-0.3, -0.25) is 0 Å². The molecule has 0 aliphatic carbocycles. The highest BCUT2D eigenvalue weighted by atomic mass is 16.5. The lowest BCUT2D eigenvalue weighted by molar-refractivity contribution is -0.117. The average Bonchev–Trinajstić information content (AvgIpc) is 2.38. The minimum absolute atomic E-state index is 0.251. The molecule has 0 radical (unpaired) electrons. The van der Waals surface area contributed by atoms with Crippen LogP contribution in [0.25, 0.3) is 10.8 Å². The number of Topliss-reactive ketones (excluding diaryl/α,β-unsaturated/α-hetero) is 1. The number of fused-ring (bicyclic) bond motifs is 1. The van der Waals surface area contributed by atoms with E-state index in [0.717, 1.165) is 18.6 Å². The molecule has 2 aromatic rings. The van der Waals surface area contributed by atoms with E-state index >= 15 is 0 Å². The quantitative estimate of drug-likeness (QED) is 0.716. The molecule has 2 rings (SSSR count). The molecule has 0 unspecified atom stereocenters. The molecule has 0 fully saturated rings. The number of carbonyl (C=O) groups is 1. The largest absolute Gasteiger partial charge is 0.494 e. The van der Waals surface area contributed by atoms with Crippen molar-refractivity contribution in [2.45, 2.75) is 26.2 Å². The fourth-order valence-electron chi connectivity index (χ4n) is 1.92. The molecular weight excluding hydrogens is 224 g/mol. The number of hydrogen-bond donors (Lipinski definition) is 0. The molecule has 0 atom stereocenters. The van der Waals surface area contributed by atoms with E-state index in [9.17, 15) is 4.79 Å². The third-order valence-electron chi connectivity index (χ3n) is 2.91. The maximum absolute atomic E-state index is 10.8. The highest BCUT2D eigenvalue weighted by Crippen LogP contribution is 2.20. The summed E-state index contributed by atoms with van der Waals surface area (Å²) in [6.07, 6.45) is 2.48. The first kappa shape index (κ1) is 12.6. The SMILES string of the molecule is CC(=O)CCCCOc1ccc2ccccc2c1. The second-order valence-corrected chi connectivity index (χ2v) is 4.52. The van der Waals surface area contributed by atoms with Gasteiger partial charge in [0.25, 0.3) is 0 Å². The molecule has 0 spiro atoms. The Labute approximate surface area is 108 Å². The predicted octanol–water partition coefficient (Wildman–Crippen LogP) is 3.98. The number of benzene rings is 2. The van der Waals surface area contributed by atoms with Crippen LogP contribution in [0.2, 0.25) is 0 Å². The zero-order valence-corrected chi connectivity index (χ0v) is 10.7. The van der Waals surface area contributed by atoms with Crippen molar-refractivity contribution in [1.29, 1.82) is 0 Å². The van der Waals surface area contributed by atoms with E-state index in [4.69, 9.17) is 4.74 Å². The Balaban J connectivity index is 1.86. The zero-order chi connectivity index (χ0) is 12.8. The van der Waals surface area contributed by atoms with Crippen LogP contribution in [-0.4, -0.2) is 12.4 Å². The monoisotopic (exact) mass is 242 g/mol. The van der Waals surface area contributed by atoms with Gasteiger partial charge in [0.05, 0.1) is 6.61 Å². The molecule has 0 saturated carbocycles. The Morgan fingerprint density at radius 1 is 1.06 bits per heavy atom. The number of rotatable bonds is 6. The van der Waals surface area contributed by atoms with Gasteiger partial charge in [0.15, 0.2) is 0 Å². The van der Waals surface area contributed by atoms with Crippen LogP contribution < -0.4 is 4.74 Å². The van der Waals surface area contributed by atoms with Crippen molar-refractivity contribution in [1.82, 2.24) is 0 Å². The Kier molecular flexibility index (Phi) is 4.35. The van der Waals surface area contributed by atoms with E-state index in [0.29, 0.717) is 13.0 Å². The third-order valence-corrected chi connectivity index (χ3v) is 2.91. The van der Waals surface area contributed by atoms with Gasteiger partial charge in [-0.1, -0.05) is 30.3 Å². The minimum atomic E-state index is 0.251. The number of carbonyl (C=O) groups excluding carboxylic acids is 1. The van der Waals surface area contributed by atoms with Gasteiger partial charge < -0.3 is 9.53 Å². The lowest BCUT2D eigenvalue weighted by Crippen LogP contribution is -1.99. The maximum Gasteiger partial charge on any atom is 0.129 e. The van der Waals surface area contributed by atoms with E-state index in [1.165, 1.54) is 10.8 Å². The minimum Gasteiger partial charge on any atom is -0.494 e. The van der Waals surface area contributed by atoms with Crippen molar-refractivity contribution in [3.63, 3.8) is 0 Å². The van der Waals surface area contributed by atoms with Crippen LogP contribution in [0.3, 0.4) is 0 Å². The highest BCUT2D eigenvalue weighted by molar-refractivity contribution is 5.83. The Morgan fingerprint density at radius 2 is 1.83 bits per heavy atom. The van der Waals surface area contributed by atoms with Gasteiger partial charge in [-0.25, -0.2) is 0 Å². The standard InChI is InChI=1S/C16H18O2/c1-13(17)6-4-5-11-18-16-10-9-14-7-2-3-8-15(14)12-16/h2-3,7-10,12H,4-6,11H2,1H3. The van der Waals surface area contributed by atoms with Gasteiger partial charge >= 0.3 is 0 Å². The molecule has 2 heteroatoms. The molecule has 0 aromatic heterocycles. The van der Waals surface area contributed by atoms with Crippen molar-refractivity contribution in [2.75, 3.05) is 6.61 Å². The first-order valence-corrected chi connectivity index (χ1v) is 6.37. The van der Waals surface area contributed by atoms with Crippen LogP contribution in [-0.2, 0) is 4.79 Å². The van der Waals surface area contributed by atoms with Crippen LogP contribution in [0.5, 0.6) is 5.75 Å². The fourth-order valence-corrected chi connectivity index (χ4v) is 1.92. The van der Waals surface area contributed by atoms with Crippen molar-refractivity contribution in [3.05, 3.63) is 42.5 Å². The molecule has 0 saturated heterocycles. The summed E-state index contributed by atoms with van der Waals surface area (Å²) in [6, 6.07) is 14.3.